The molecule has 0 spiro atoms. The second-order valence-corrected chi connectivity index (χ2v) is 5.97. The molecule has 0 N–H and O–H groups in total. The molecule has 0 bridgehead atoms. The standard InChI is InChI=1S/C13H12F3N3O2S/c1-19-5-8(4-18-19)11(13(14,15)16)21-12(20)10-9(7-2-3-7)17-6-22-10/h4-7,11H,2-3H2,1H3. The third-order valence-electron chi connectivity index (χ3n) is 3.29. The fourth-order valence-electron chi connectivity index (χ4n) is 2.12. The number of carbonyl (C=O) groups excluding carboxylic acids is 1. The largest absolute Gasteiger partial charge is 0.443 e. The predicted molar refractivity (Wildman–Crippen MR) is 71.5 cm³/mol. The third kappa shape index (κ3) is 2.99. The normalized spacial score (nSPS) is 16.5. The van der Waals surface area contributed by atoms with Crippen LogP contribution in [-0.4, -0.2) is 26.9 Å². The second-order valence-electron chi connectivity index (χ2n) is 5.12. The van der Waals surface area contributed by atoms with Gasteiger partial charge in [-0.15, -0.1) is 11.3 Å². The molecule has 1 saturated carbocycles. The van der Waals surface area contributed by atoms with Crippen molar-refractivity contribution in [2.45, 2.75) is 31.0 Å². The first-order chi connectivity index (χ1) is 10.4. The van der Waals surface area contributed by atoms with E-state index in [2.05, 4.69) is 10.1 Å². The molecule has 2 aromatic rings. The smallest absolute Gasteiger partial charge is 0.429 e. The van der Waals surface area contributed by atoms with E-state index in [-0.39, 0.29) is 16.4 Å². The zero-order chi connectivity index (χ0) is 15.9. The van der Waals surface area contributed by atoms with Crippen molar-refractivity contribution in [2.75, 3.05) is 0 Å². The van der Waals surface area contributed by atoms with Crippen molar-refractivity contribution in [2.24, 2.45) is 7.05 Å². The summed E-state index contributed by atoms with van der Waals surface area (Å²) in [6.45, 7) is 0. The lowest BCUT2D eigenvalue weighted by Crippen LogP contribution is -2.26. The number of aromatic nitrogens is 3. The molecular formula is C13H12F3N3O2S. The van der Waals surface area contributed by atoms with Gasteiger partial charge in [0, 0.05) is 24.7 Å². The number of alkyl halides is 3. The third-order valence-corrected chi connectivity index (χ3v) is 4.12. The van der Waals surface area contributed by atoms with Crippen LogP contribution in [0.4, 0.5) is 13.2 Å². The first-order valence-electron chi connectivity index (χ1n) is 6.56. The minimum Gasteiger partial charge on any atom is -0.443 e. The van der Waals surface area contributed by atoms with E-state index in [9.17, 15) is 18.0 Å². The van der Waals surface area contributed by atoms with E-state index in [1.807, 2.05) is 0 Å². The van der Waals surface area contributed by atoms with Crippen LogP contribution >= 0.6 is 11.3 Å². The quantitative estimate of drug-likeness (QED) is 0.807. The maximum Gasteiger partial charge on any atom is 0.429 e. The van der Waals surface area contributed by atoms with Gasteiger partial charge in [-0.3, -0.25) is 4.68 Å². The first-order valence-corrected chi connectivity index (χ1v) is 7.44. The molecule has 1 aliphatic rings. The summed E-state index contributed by atoms with van der Waals surface area (Å²) in [5, 5.41) is 3.69. The summed E-state index contributed by atoms with van der Waals surface area (Å²) in [6, 6.07) is 0. The van der Waals surface area contributed by atoms with Crippen molar-refractivity contribution in [1.82, 2.24) is 14.8 Å². The van der Waals surface area contributed by atoms with E-state index in [0.717, 1.165) is 30.4 Å². The fourth-order valence-corrected chi connectivity index (χ4v) is 2.87. The Balaban J connectivity index is 1.84. The average molecular weight is 331 g/mol. The number of thiazole rings is 1. The molecule has 1 atom stereocenters. The molecule has 0 radical (unpaired) electrons. The molecule has 0 amide bonds. The molecule has 1 aliphatic carbocycles. The fraction of sp³-hybridized carbons (Fsp3) is 0.462. The zero-order valence-corrected chi connectivity index (χ0v) is 12.3. The highest BCUT2D eigenvalue weighted by atomic mass is 32.1. The Bertz CT molecular complexity index is 691. The summed E-state index contributed by atoms with van der Waals surface area (Å²) in [4.78, 5) is 16.3. The van der Waals surface area contributed by atoms with Gasteiger partial charge in [-0.2, -0.15) is 18.3 Å². The molecule has 5 nitrogen and oxygen atoms in total. The molecule has 2 aromatic heterocycles. The van der Waals surface area contributed by atoms with Gasteiger partial charge in [-0.05, 0) is 12.8 Å². The highest BCUT2D eigenvalue weighted by Gasteiger charge is 2.45. The Morgan fingerprint density at radius 3 is 2.77 bits per heavy atom. The number of halogens is 3. The SMILES string of the molecule is Cn1cc(C(OC(=O)c2scnc2C2CC2)C(F)(F)F)cn1. The number of aryl methyl sites for hydroxylation is 1. The van der Waals surface area contributed by atoms with Crippen LogP contribution in [0, 0.1) is 0 Å². The maximum absolute atomic E-state index is 13.2. The van der Waals surface area contributed by atoms with Gasteiger partial charge >= 0.3 is 12.1 Å². The van der Waals surface area contributed by atoms with Crippen LogP contribution in [0.25, 0.3) is 0 Å². The number of hydrogen-bond acceptors (Lipinski definition) is 5. The van der Waals surface area contributed by atoms with Crippen LogP contribution in [0.2, 0.25) is 0 Å². The van der Waals surface area contributed by atoms with Gasteiger partial charge in [0.1, 0.15) is 4.88 Å². The lowest BCUT2D eigenvalue weighted by molar-refractivity contribution is -0.207. The highest BCUT2D eigenvalue weighted by Crippen LogP contribution is 2.43. The summed E-state index contributed by atoms with van der Waals surface area (Å²) in [5.41, 5.74) is 1.79. The number of ether oxygens (including phenoxy) is 1. The Kier molecular flexibility index (Phi) is 3.67. The first kappa shape index (κ1) is 15.0. The average Bonchev–Trinajstić information content (AvgIpc) is 3.00. The lowest BCUT2D eigenvalue weighted by atomic mass is 10.2. The topological polar surface area (TPSA) is 57.0 Å². The molecule has 22 heavy (non-hydrogen) atoms. The van der Waals surface area contributed by atoms with Crippen molar-refractivity contribution < 1.29 is 22.7 Å². The maximum atomic E-state index is 13.2. The minimum atomic E-state index is -4.71. The molecule has 0 aliphatic heterocycles. The van der Waals surface area contributed by atoms with Crippen LogP contribution in [-0.2, 0) is 11.8 Å². The van der Waals surface area contributed by atoms with E-state index < -0.39 is 18.2 Å². The van der Waals surface area contributed by atoms with Crippen LogP contribution in [0.1, 0.15) is 45.8 Å². The monoisotopic (exact) mass is 331 g/mol. The van der Waals surface area contributed by atoms with Gasteiger partial charge in [0.2, 0.25) is 6.10 Å². The molecular weight excluding hydrogens is 319 g/mol. The van der Waals surface area contributed by atoms with E-state index in [0.29, 0.717) is 5.69 Å². The van der Waals surface area contributed by atoms with E-state index in [4.69, 9.17) is 4.74 Å². The van der Waals surface area contributed by atoms with Crippen LogP contribution in [0.15, 0.2) is 17.9 Å². The zero-order valence-electron chi connectivity index (χ0n) is 11.5. The summed E-state index contributed by atoms with van der Waals surface area (Å²) < 4.78 is 45.4. The lowest BCUT2D eigenvalue weighted by Gasteiger charge is -2.19. The van der Waals surface area contributed by atoms with Gasteiger partial charge in [0.15, 0.2) is 0 Å². The van der Waals surface area contributed by atoms with Gasteiger partial charge in [-0.1, -0.05) is 0 Å². The summed E-state index contributed by atoms with van der Waals surface area (Å²) in [7, 11) is 1.49. The molecule has 1 unspecified atom stereocenters. The van der Waals surface area contributed by atoms with Crippen LogP contribution in [0.5, 0.6) is 0 Å². The van der Waals surface area contributed by atoms with E-state index >= 15 is 0 Å². The Labute approximate surface area is 127 Å². The van der Waals surface area contributed by atoms with Crippen LogP contribution < -0.4 is 0 Å². The van der Waals surface area contributed by atoms with Gasteiger partial charge in [0.05, 0.1) is 17.4 Å². The number of nitrogens with zero attached hydrogens (tertiary/aromatic N) is 3. The highest BCUT2D eigenvalue weighted by molar-refractivity contribution is 7.11. The Hall–Kier alpha value is -1.90. The second kappa shape index (κ2) is 5.38. The number of esters is 1. The van der Waals surface area contributed by atoms with E-state index in [1.165, 1.54) is 23.4 Å². The van der Waals surface area contributed by atoms with Crippen molar-refractivity contribution in [1.29, 1.82) is 0 Å². The molecule has 118 valence electrons. The molecule has 9 heteroatoms. The number of rotatable bonds is 4. The minimum absolute atomic E-state index is 0.153. The molecule has 0 saturated heterocycles. The van der Waals surface area contributed by atoms with Crippen LogP contribution in [0.3, 0.4) is 0 Å². The Morgan fingerprint density at radius 1 is 1.50 bits per heavy atom. The van der Waals surface area contributed by atoms with Crippen molar-refractivity contribution >= 4 is 17.3 Å². The summed E-state index contributed by atoms with van der Waals surface area (Å²) in [5.74, 6) is -0.827. The van der Waals surface area contributed by atoms with Crippen molar-refractivity contribution in [3.05, 3.63) is 34.0 Å². The predicted octanol–water partition coefficient (Wildman–Crippen LogP) is 3.21. The molecule has 3 rings (SSSR count). The Morgan fingerprint density at radius 2 is 2.23 bits per heavy atom. The molecule has 1 fully saturated rings. The van der Waals surface area contributed by atoms with Gasteiger partial charge in [-0.25, -0.2) is 9.78 Å². The van der Waals surface area contributed by atoms with E-state index in [1.54, 1.807) is 0 Å². The van der Waals surface area contributed by atoms with Crippen molar-refractivity contribution in [3.8, 4) is 0 Å². The molecule has 0 aromatic carbocycles. The van der Waals surface area contributed by atoms with Gasteiger partial charge in [0.25, 0.3) is 0 Å². The summed E-state index contributed by atoms with van der Waals surface area (Å²) in [6.07, 6.45) is -3.02. The summed E-state index contributed by atoms with van der Waals surface area (Å²) >= 11 is 1.01. The van der Waals surface area contributed by atoms with Gasteiger partial charge < -0.3 is 4.74 Å². The number of carbonyl (C=O) groups is 1. The molecule has 2 heterocycles. The number of hydrogen-bond donors (Lipinski definition) is 0. The van der Waals surface area contributed by atoms with Crippen molar-refractivity contribution in [3.63, 3.8) is 0 Å².